The van der Waals surface area contributed by atoms with E-state index in [1.807, 2.05) is 37.3 Å². The number of carbonyl (C=O) groups is 1. The molecule has 2 rings (SSSR count). The molecule has 0 aliphatic carbocycles. The van der Waals surface area contributed by atoms with E-state index in [-0.39, 0.29) is 0 Å². The summed E-state index contributed by atoms with van der Waals surface area (Å²) in [6.45, 7) is 2.27. The minimum atomic E-state index is 0.434. The maximum atomic E-state index is 10.3. The number of carbonyl (C=O) groups excluding carboxylic acids is 1. The molecule has 0 fully saturated rings. The van der Waals surface area contributed by atoms with Crippen molar-refractivity contribution >= 4 is 6.41 Å². The highest BCUT2D eigenvalue weighted by Crippen LogP contribution is 2.24. The highest BCUT2D eigenvalue weighted by Gasteiger charge is 2.13. The number of hydrogen-bond donors (Lipinski definition) is 1. The zero-order valence-corrected chi connectivity index (χ0v) is 8.93. The minimum Gasteiger partial charge on any atom is -0.361 e. The van der Waals surface area contributed by atoms with Gasteiger partial charge in [0, 0.05) is 17.7 Å². The summed E-state index contributed by atoms with van der Waals surface area (Å²) < 4.78 is 5.14. The van der Waals surface area contributed by atoms with Crippen LogP contribution in [0, 0.1) is 6.92 Å². The predicted molar refractivity (Wildman–Crippen MR) is 59.6 cm³/mol. The molecule has 0 aliphatic heterocycles. The predicted octanol–water partition coefficient (Wildman–Crippen LogP) is 1.90. The van der Waals surface area contributed by atoms with Gasteiger partial charge in [-0.1, -0.05) is 35.5 Å². The van der Waals surface area contributed by atoms with Crippen LogP contribution in [0.2, 0.25) is 0 Å². The quantitative estimate of drug-likeness (QED) is 0.794. The molecule has 4 heteroatoms. The van der Waals surface area contributed by atoms with Crippen LogP contribution < -0.4 is 5.32 Å². The largest absolute Gasteiger partial charge is 0.361 e. The summed E-state index contributed by atoms with van der Waals surface area (Å²) in [7, 11) is 0. The monoisotopic (exact) mass is 216 g/mol. The molecule has 2 aromatic rings. The molecule has 0 radical (unpaired) electrons. The first-order valence-electron chi connectivity index (χ1n) is 5.00. The second-order valence-electron chi connectivity index (χ2n) is 3.43. The summed E-state index contributed by atoms with van der Waals surface area (Å²) in [5.41, 5.74) is 2.69. The van der Waals surface area contributed by atoms with Crippen LogP contribution in [-0.4, -0.2) is 11.6 Å². The van der Waals surface area contributed by atoms with Gasteiger partial charge in [0.15, 0.2) is 0 Å². The van der Waals surface area contributed by atoms with E-state index in [0.29, 0.717) is 13.0 Å². The number of nitrogens with zero attached hydrogens (tertiary/aromatic N) is 1. The van der Waals surface area contributed by atoms with Gasteiger partial charge in [0.1, 0.15) is 11.5 Å². The average molecular weight is 216 g/mol. The number of amides is 1. The van der Waals surface area contributed by atoms with Crippen LogP contribution in [0.4, 0.5) is 0 Å². The van der Waals surface area contributed by atoms with Crippen LogP contribution >= 0.6 is 0 Å². The van der Waals surface area contributed by atoms with Crippen LogP contribution in [0.5, 0.6) is 0 Å². The lowest BCUT2D eigenvalue weighted by Gasteiger charge is -2.01. The molecule has 0 atom stereocenters. The number of aryl methyl sites for hydroxylation is 1. The van der Waals surface area contributed by atoms with Gasteiger partial charge in [-0.3, -0.25) is 4.79 Å². The maximum absolute atomic E-state index is 10.3. The zero-order valence-electron chi connectivity index (χ0n) is 8.93. The molecular formula is C12H12N2O2. The number of hydrogen-bond acceptors (Lipinski definition) is 3. The van der Waals surface area contributed by atoms with E-state index in [1.165, 1.54) is 0 Å². The van der Waals surface area contributed by atoms with Crippen LogP contribution in [0.15, 0.2) is 34.9 Å². The van der Waals surface area contributed by atoms with Crippen molar-refractivity contribution in [2.75, 3.05) is 0 Å². The Labute approximate surface area is 93.3 Å². The smallest absolute Gasteiger partial charge is 0.207 e. The van der Waals surface area contributed by atoms with Gasteiger partial charge < -0.3 is 9.84 Å². The third kappa shape index (κ3) is 1.95. The lowest BCUT2D eigenvalue weighted by atomic mass is 10.1. The molecule has 1 heterocycles. The Hall–Kier alpha value is -2.10. The van der Waals surface area contributed by atoms with E-state index in [2.05, 4.69) is 10.5 Å². The number of aromatic nitrogens is 1. The minimum absolute atomic E-state index is 0.434. The van der Waals surface area contributed by atoms with Crippen molar-refractivity contribution in [3.8, 4) is 11.3 Å². The van der Waals surface area contributed by atoms with Gasteiger partial charge in [0.05, 0.1) is 0 Å². The van der Waals surface area contributed by atoms with Crippen LogP contribution in [-0.2, 0) is 11.3 Å². The fourth-order valence-electron chi connectivity index (χ4n) is 1.57. The van der Waals surface area contributed by atoms with Gasteiger partial charge in [-0.15, -0.1) is 0 Å². The first-order valence-corrected chi connectivity index (χ1v) is 5.00. The van der Waals surface area contributed by atoms with Crippen molar-refractivity contribution in [2.24, 2.45) is 0 Å². The van der Waals surface area contributed by atoms with Gasteiger partial charge in [0.2, 0.25) is 6.41 Å². The molecule has 1 aromatic carbocycles. The van der Waals surface area contributed by atoms with E-state index in [1.54, 1.807) is 0 Å². The molecule has 82 valence electrons. The average Bonchev–Trinajstić information content (AvgIpc) is 2.69. The second-order valence-corrected chi connectivity index (χ2v) is 3.43. The molecule has 1 N–H and O–H groups in total. The summed E-state index contributed by atoms with van der Waals surface area (Å²) in [6.07, 6.45) is 0.668. The molecule has 0 saturated carbocycles. The van der Waals surface area contributed by atoms with E-state index < -0.39 is 0 Å². The molecule has 1 aromatic heterocycles. The highest BCUT2D eigenvalue weighted by atomic mass is 16.5. The van der Waals surface area contributed by atoms with Crippen LogP contribution in [0.25, 0.3) is 11.3 Å². The van der Waals surface area contributed by atoms with Crippen molar-refractivity contribution in [1.82, 2.24) is 10.5 Å². The van der Waals surface area contributed by atoms with Crippen LogP contribution in [0.3, 0.4) is 0 Å². The Morgan fingerprint density at radius 3 is 2.81 bits per heavy atom. The Morgan fingerprint density at radius 1 is 1.38 bits per heavy atom. The molecule has 0 aliphatic rings. The van der Waals surface area contributed by atoms with Gasteiger partial charge >= 0.3 is 0 Å². The molecule has 1 amide bonds. The molecule has 4 nitrogen and oxygen atoms in total. The third-order valence-electron chi connectivity index (χ3n) is 2.39. The van der Waals surface area contributed by atoms with E-state index in [4.69, 9.17) is 4.52 Å². The SMILES string of the molecule is Cc1onc(-c2ccccc2)c1CNC=O. The second kappa shape index (κ2) is 4.61. The summed E-state index contributed by atoms with van der Waals surface area (Å²) in [5.74, 6) is 0.730. The molecule has 0 bridgehead atoms. The highest BCUT2D eigenvalue weighted by molar-refractivity contribution is 5.63. The zero-order chi connectivity index (χ0) is 11.4. The molecule has 0 spiro atoms. The number of nitrogens with one attached hydrogen (secondary N) is 1. The Bertz CT molecular complexity index is 477. The summed E-state index contributed by atoms with van der Waals surface area (Å²) in [5, 5.41) is 6.63. The lowest BCUT2D eigenvalue weighted by Crippen LogP contribution is -2.10. The summed E-state index contributed by atoms with van der Waals surface area (Å²) in [6, 6.07) is 9.75. The van der Waals surface area contributed by atoms with E-state index >= 15 is 0 Å². The van der Waals surface area contributed by atoms with Gasteiger partial charge in [-0.2, -0.15) is 0 Å². The number of rotatable bonds is 4. The van der Waals surface area contributed by atoms with Gasteiger partial charge in [0.25, 0.3) is 0 Å². The van der Waals surface area contributed by atoms with Crippen molar-refractivity contribution in [3.63, 3.8) is 0 Å². The molecule has 0 unspecified atom stereocenters. The van der Waals surface area contributed by atoms with Gasteiger partial charge in [-0.05, 0) is 6.92 Å². The molecule has 16 heavy (non-hydrogen) atoms. The number of benzene rings is 1. The standard InChI is InChI=1S/C12H12N2O2/c1-9-11(7-13-8-15)12(14-16-9)10-5-3-2-4-6-10/h2-6,8H,7H2,1H3,(H,13,15). The van der Waals surface area contributed by atoms with Crippen LogP contribution in [0.1, 0.15) is 11.3 Å². The normalized spacial score (nSPS) is 10.1. The fourth-order valence-corrected chi connectivity index (χ4v) is 1.57. The third-order valence-corrected chi connectivity index (χ3v) is 2.39. The van der Waals surface area contributed by atoms with E-state index in [9.17, 15) is 4.79 Å². The van der Waals surface area contributed by atoms with Crippen molar-refractivity contribution < 1.29 is 9.32 Å². The Kier molecular flexibility index (Phi) is 3.00. The summed E-state index contributed by atoms with van der Waals surface area (Å²) >= 11 is 0. The van der Waals surface area contributed by atoms with Gasteiger partial charge in [-0.25, -0.2) is 0 Å². The Balaban J connectivity index is 2.38. The first-order chi connectivity index (χ1) is 7.83. The maximum Gasteiger partial charge on any atom is 0.207 e. The molecular weight excluding hydrogens is 204 g/mol. The molecule has 0 saturated heterocycles. The van der Waals surface area contributed by atoms with Crippen molar-refractivity contribution in [2.45, 2.75) is 13.5 Å². The summed E-state index contributed by atoms with van der Waals surface area (Å²) in [4.78, 5) is 10.3. The Morgan fingerprint density at radius 2 is 2.12 bits per heavy atom. The fraction of sp³-hybridized carbons (Fsp3) is 0.167. The van der Waals surface area contributed by atoms with Crippen molar-refractivity contribution in [1.29, 1.82) is 0 Å². The lowest BCUT2D eigenvalue weighted by molar-refractivity contribution is -0.109. The topological polar surface area (TPSA) is 55.1 Å². The first kappa shape index (κ1) is 10.4. The van der Waals surface area contributed by atoms with E-state index in [0.717, 1.165) is 22.6 Å². The van der Waals surface area contributed by atoms with Crippen molar-refractivity contribution in [3.05, 3.63) is 41.7 Å².